The van der Waals surface area contributed by atoms with Gasteiger partial charge in [0.1, 0.15) is 8.30 Å². The van der Waals surface area contributed by atoms with Crippen LogP contribution >= 0.6 is 38.5 Å². The fraction of sp³-hybridized carbons (Fsp3) is 0.571. The maximum atomic E-state index is 4.71. The van der Waals surface area contributed by atoms with Crippen LogP contribution in [-0.2, 0) is 13.6 Å². The Morgan fingerprint density at radius 3 is 2.70 bits per heavy atom. The monoisotopic (exact) mass is 448 g/mol. The smallest absolute Gasteiger partial charge is 0.127 e. The predicted octanol–water partition coefficient (Wildman–Crippen LogP) is 3.85. The molecular formula is C14H18BrIN4. The van der Waals surface area contributed by atoms with Crippen LogP contribution in [0, 0.1) is 16.5 Å². The van der Waals surface area contributed by atoms with Crippen molar-refractivity contribution in [2.75, 3.05) is 0 Å². The molecule has 1 unspecified atom stereocenters. The van der Waals surface area contributed by atoms with Crippen molar-refractivity contribution in [3.8, 4) is 0 Å². The lowest BCUT2D eigenvalue weighted by Crippen LogP contribution is -2.03. The third-order valence-electron chi connectivity index (χ3n) is 3.95. The van der Waals surface area contributed by atoms with Crippen molar-refractivity contribution in [2.24, 2.45) is 13.0 Å². The summed E-state index contributed by atoms with van der Waals surface area (Å²) in [4.78, 5) is 0. The van der Waals surface area contributed by atoms with E-state index in [0.29, 0.717) is 5.92 Å². The van der Waals surface area contributed by atoms with Crippen LogP contribution in [0.1, 0.15) is 42.5 Å². The van der Waals surface area contributed by atoms with Gasteiger partial charge in [0.25, 0.3) is 0 Å². The van der Waals surface area contributed by atoms with Gasteiger partial charge in [-0.05, 0) is 64.2 Å². The summed E-state index contributed by atoms with van der Waals surface area (Å²) in [5, 5.41) is 9.16. The normalized spacial score (nSPS) is 16.6. The van der Waals surface area contributed by atoms with Crippen molar-refractivity contribution in [1.29, 1.82) is 0 Å². The second-order valence-corrected chi connectivity index (χ2v) is 7.46. The van der Waals surface area contributed by atoms with Gasteiger partial charge in [-0.2, -0.15) is 10.2 Å². The van der Waals surface area contributed by atoms with E-state index in [1.807, 2.05) is 11.7 Å². The molecule has 0 aliphatic heterocycles. The van der Waals surface area contributed by atoms with Gasteiger partial charge in [0, 0.05) is 36.8 Å². The average Bonchev–Trinajstić information content (AvgIpc) is 3.05. The molecule has 1 aliphatic rings. The zero-order chi connectivity index (χ0) is 14.4. The first kappa shape index (κ1) is 14.6. The Kier molecular flexibility index (Phi) is 3.96. The molecular weight excluding hydrogens is 431 g/mol. The largest absolute Gasteiger partial charge is 0.274 e. The number of hydrogen-bond acceptors (Lipinski definition) is 2. The van der Waals surface area contributed by atoms with Crippen LogP contribution in [0.5, 0.6) is 0 Å². The number of halogens is 2. The molecule has 108 valence electrons. The summed E-state index contributed by atoms with van der Waals surface area (Å²) >= 11 is 6.07. The van der Waals surface area contributed by atoms with Gasteiger partial charge in [-0.3, -0.25) is 9.36 Å². The molecule has 1 aliphatic carbocycles. The summed E-state index contributed by atoms with van der Waals surface area (Å²) in [6.45, 7) is 5.37. The van der Waals surface area contributed by atoms with E-state index < -0.39 is 0 Å². The highest BCUT2D eigenvalue weighted by Crippen LogP contribution is 2.37. The Morgan fingerprint density at radius 2 is 2.15 bits per heavy atom. The highest BCUT2D eigenvalue weighted by Gasteiger charge is 2.27. The first-order chi connectivity index (χ1) is 9.47. The van der Waals surface area contributed by atoms with Gasteiger partial charge in [0.05, 0.1) is 5.69 Å². The van der Waals surface area contributed by atoms with Gasteiger partial charge < -0.3 is 0 Å². The fourth-order valence-electron chi connectivity index (χ4n) is 2.65. The van der Waals surface area contributed by atoms with E-state index in [0.717, 1.165) is 26.5 Å². The summed E-state index contributed by atoms with van der Waals surface area (Å²) in [5.41, 5.74) is 3.67. The van der Waals surface area contributed by atoms with Gasteiger partial charge in [-0.1, -0.05) is 6.92 Å². The quantitative estimate of drug-likeness (QED) is 0.666. The molecule has 1 saturated carbocycles. The van der Waals surface area contributed by atoms with E-state index in [2.05, 4.69) is 68.3 Å². The topological polar surface area (TPSA) is 35.6 Å². The summed E-state index contributed by atoms with van der Waals surface area (Å²) in [6, 6.07) is 0. The lowest BCUT2D eigenvalue weighted by atomic mass is 9.96. The van der Waals surface area contributed by atoms with Gasteiger partial charge >= 0.3 is 0 Å². The Hall–Kier alpha value is -0.370. The number of aryl methyl sites for hydroxylation is 2. The minimum Gasteiger partial charge on any atom is -0.274 e. The van der Waals surface area contributed by atoms with Crippen molar-refractivity contribution in [1.82, 2.24) is 19.6 Å². The Morgan fingerprint density at radius 1 is 1.45 bits per heavy atom. The minimum atomic E-state index is 0.304. The Bertz CT molecular complexity index is 642. The molecule has 20 heavy (non-hydrogen) atoms. The van der Waals surface area contributed by atoms with Crippen LogP contribution in [0.3, 0.4) is 0 Å². The molecule has 0 spiro atoms. The highest BCUT2D eigenvalue weighted by molar-refractivity contribution is 14.1. The second kappa shape index (κ2) is 5.44. The van der Waals surface area contributed by atoms with E-state index in [1.165, 1.54) is 24.0 Å². The van der Waals surface area contributed by atoms with Crippen molar-refractivity contribution in [3.63, 3.8) is 0 Å². The summed E-state index contributed by atoms with van der Waals surface area (Å²) in [5.74, 6) is 1.13. The Labute approximate surface area is 141 Å². The molecule has 0 N–H and O–H groups in total. The molecule has 0 aromatic carbocycles. The maximum absolute atomic E-state index is 4.71. The molecule has 4 nitrogen and oxygen atoms in total. The molecule has 2 heterocycles. The zero-order valence-corrected chi connectivity index (χ0v) is 15.6. The van der Waals surface area contributed by atoms with E-state index in [9.17, 15) is 0 Å². The summed E-state index contributed by atoms with van der Waals surface area (Å²) in [6.07, 6.45) is 4.80. The summed E-state index contributed by atoms with van der Waals surface area (Å²) < 4.78 is 6.21. The van der Waals surface area contributed by atoms with Crippen molar-refractivity contribution < 1.29 is 0 Å². The van der Waals surface area contributed by atoms with E-state index in [4.69, 9.17) is 5.10 Å². The highest BCUT2D eigenvalue weighted by atomic mass is 127. The summed E-state index contributed by atoms with van der Waals surface area (Å²) in [7, 11) is 1.97. The van der Waals surface area contributed by atoms with Crippen LogP contribution in [0.15, 0.2) is 10.8 Å². The molecule has 0 saturated heterocycles. The predicted molar refractivity (Wildman–Crippen MR) is 90.8 cm³/mol. The van der Waals surface area contributed by atoms with Crippen molar-refractivity contribution in [3.05, 3.63) is 31.3 Å². The van der Waals surface area contributed by atoms with Gasteiger partial charge in [0.2, 0.25) is 0 Å². The van der Waals surface area contributed by atoms with Gasteiger partial charge in [-0.25, -0.2) is 0 Å². The third kappa shape index (κ3) is 2.68. The first-order valence-electron chi connectivity index (χ1n) is 6.89. The molecule has 0 radical (unpaired) electrons. The fourth-order valence-corrected chi connectivity index (χ4v) is 4.45. The van der Waals surface area contributed by atoms with Crippen molar-refractivity contribution >= 4 is 38.5 Å². The molecule has 1 fully saturated rings. The van der Waals surface area contributed by atoms with Gasteiger partial charge in [-0.15, -0.1) is 0 Å². The van der Waals surface area contributed by atoms with E-state index >= 15 is 0 Å². The molecule has 3 rings (SSSR count). The molecule has 2 aromatic rings. The van der Waals surface area contributed by atoms with Crippen LogP contribution in [0.4, 0.5) is 0 Å². The molecule has 6 heteroatoms. The second-order valence-electron chi connectivity index (χ2n) is 5.69. The van der Waals surface area contributed by atoms with Crippen LogP contribution in [-0.4, -0.2) is 19.6 Å². The lowest BCUT2D eigenvalue weighted by molar-refractivity contribution is 0.549. The van der Waals surface area contributed by atoms with Crippen LogP contribution in [0.25, 0.3) is 0 Å². The minimum absolute atomic E-state index is 0.304. The number of hydrogen-bond donors (Lipinski definition) is 0. The number of rotatable bonds is 4. The standard InChI is InChI=1S/C14H18BrIN4/c1-8(11-7-19(3)18-14(11)16)12-9(2)17-20(13(12)15)6-10-4-5-10/h7-8,10H,4-6H2,1-3H3. The van der Waals surface area contributed by atoms with Gasteiger partial charge in [0.15, 0.2) is 0 Å². The molecule has 0 amide bonds. The third-order valence-corrected chi connectivity index (χ3v) is 5.62. The van der Waals surface area contributed by atoms with Crippen LogP contribution < -0.4 is 0 Å². The number of nitrogens with zero attached hydrogens (tertiary/aromatic N) is 4. The first-order valence-corrected chi connectivity index (χ1v) is 8.76. The Balaban J connectivity index is 1.96. The molecule has 0 bridgehead atoms. The van der Waals surface area contributed by atoms with E-state index in [-0.39, 0.29) is 0 Å². The van der Waals surface area contributed by atoms with Crippen LogP contribution in [0.2, 0.25) is 0 Å². The van der Waals surface area contributed by atoms with Crippen molar-refractivity contribution in [2.45, 2.75) is 39.2 Å². The van der Waals surface area contributed by atoms with E-state index in [1.54, 1.807) is 0 Å². The lowest BCUT2D eigenvalue weighted by Gasteiger charge is -2.10. The zero-order valence-electron chi connectivity index (χ0n) is 11.9. The molecule has 2 aromatic heterocycles. The maximum Gasteiger partial charge on any atom is 0.127 e. The SMILES string of the molecule is Cc1nn(CC2CC2)c(Br)c1C(C)c1cn(C)nc1I. The molecule has 1 atom stereocenters. The number of aromatic nitrogens is 4. The average molecular weight is 449 g/mol.